The van der Waals surface area contributed by atoms with Crippen LogP contribution in [0.25, 0.3) is 10.6 Å². The molecule has 0 bridgehead atoms. The molecule has 1 saturated heterocycles. The van der Waals surface area contributed by atoms with E-state index in [1.54, 1.807) is 23.5 Å². The van der Waals surface area contributed by atoms with Gasteiger partial charge in [-0.25, -0.2) is 13.4 Å². The molecule has 1 aliphatic heterocycles. The lowest BCUT2D eigenvalue weighted by molar-refractivity contribution is -0.126. The predicted octanol–water partition coefficient (Wildman–Crippen LogP) is 4.13. The van der Waals surface area contributed by atoms with Crippen LogP contribution in [0.3, 0.4) is 0 Å². The van der Waals surface area contributed by atoms with Crippen LogP contribution in [0.2, 0.25) is 0 Å². The first-order chi connectivity index (χ1) is 16.0. The molecule has 6 nitrogen and oxygen atoms in total. The van der Waals surface area contributed by atoms with Crippen LogP contribution >= 0.6 is 11.3 Å². The molecule has 1 amide bonds. The van der Waals surface area contributed by atoms with Gasteiger partial charge in [0.25, 0.3) is 0 Å². The summed E-state index contributed by atoms with van der Waals surface area (Å²) in [6.45, 7) is 3.22. The third-order valence-electron chi connectivity index (χ3n) is 6.05. The lowest BCUT2D eigenvalue weighted by Gasteiger charge is -2.31. The van der Waals surface area contributed by atoms with E-state index in [4.69, 9.17) is 0 Å². The average molecular weight is 484 g/mol. The topological polar surface area (TPSA) is 79.4 Å². The number of sulfonamides is 1. The molecule has 0 unspecified atom stereocenters. The van der Waals surface area contributed by atoms with E-state index < -0.39 is 10.0 Å². The number of hydrogen-bond donors (Lipinski definition) is 1. The fourth-order valence-corrected chi connectivity index (χ4v) is 6.76. The summed E-state index contributed by atoms with van der Waals surface area (Å²) in [5.41, 5.74) is 2.89. The second-order valence-corrected chi connectivity index (χ2v) is 11.0. The van der Waals surface area contributed by atoms with Gasteiger partial charge in [0.1, 0.15) is 5.01 Å². The Bertz CT molecular complexity index is 1180. The number of carbonyl (C=O) groups is 1. The molecule has 0 radical (unpaired) electrons. The van der Waals surface area contributed by atoms with Crippen LogP contribution in [0.5, 0.6) is 0 Å². The van der Waals surface area contributed by atoms with E-state index in [1.165, 1.54) is 4.31 Å². The third kappa shape index (κ3) is 5.51. The second-order valence-electron chi connectivity index (χ2n) is 8.19. The number of piperidine rings is 1. The summed E-state index contributed by atoms with van der Waals surface area (Å²) in [6.07, 6.45) is 2.42. The number of aryl methyl sites for hydroxylation is 1. The van der Waals surface area contributed by atoms with E-state index in [2.05, 4.69) is 10.3 Å². The summed E-state index contributed by atoms with van der Waals surface area (Å²) < 4.78 is 27.7. The molecule has 0 aliphatic carbocycles. The van der Waals surface area contributed by atoms with Crippen molar-refractivity contribution < 1.29 is 13.2 Å². The zero-order valence-electron chi connectivity index (χ0n) is 18.7. The highest BCUT2D eigenvalue weighted by molar-refractivity contribution is 7.89. The first kappa shape index (κ1) is 23.6. The summed E-state index contributed by atoms with van der Waals surface area (Å²) in [7, 11) is -3.53. The Morgan fingerprint density at radius 2 is 1.79 bits per heavy atom. The molecule has 174 valence electrons. The Hall–Kier alpha value is -2.55. The number of rotatable bonds is 8. The summed E-state index contributed by atoms with van der Waals surface area (Å²) in [5, 5.41) is 6.03. The monoisotopic (exact) mass is 483 g/mol. The van der Waals surface area contributed by atoms with Gasteiger partial charge in [-0.2, -0.15) is 4.31 Å². The second kappa shape index (κ2) is 10.6. The molecule has 2 heterocycles. The van der Waals surface area contributed by atoms with Crippen molar-refractivity contribution >= 4 is 27.3 Å². The van der Waals surface area contributed by atoms with Gasteiger partial charge >= 0.3 is 0 Å². The summed E-state index contributed by atoms with van der Waals surface area (Å²) in [5.74, 6) is -0.160. The maximum absolute atomic E-state index is 13.1. The van der Waals surface area contributed by atoms with Crippen LogP contribution in [0, 0.1) is 5.92 Å². The minimum Gasteiger partial charge on any atom is -0.355 e. The van der Waals surface area contributed by atoms with Gasteiger partial charge in [-0.15, -0.1) is 11.3 Å². The summed E-state index contributed by atoms with van der Waals surface area (Å²) in [6, 6.07) is 17.2. The molecule has 8 heteroatoms. The quantitative estimate of drug-likeness (QED) is 0.522. The van der Waals surface area contributed by atoms with E-state index in [0.717, 1.165) is 21.8 Å². The van der Waals surface area contributed by atoms with E-state index in [0.29, 0.717) is 50.2 Å². The Balaban J connectivity index is 1.26. The van der Waals surface area contributed by atoms with Gasteiger partial charge in [0, 0.05) is 42.9 Å². The molecule has 3 aromatic rings. The minimum absolute atomic E-state index is 0.000446. The number of carbonyl (C=O) groups excluding carboxylic acids is 1. The number of aromatic nitrogens is 1. The number of benzene rings is 2. The van der Waals surface area contributed by atoms with E-state index in [1.807, 2.05) is 54.8 Å². The molecular weight excluding hydrogens is 454 g/mol. The molecule has 1 aliphatic rings. The van der Waals surface area contributed by atoms with Crippen molar-refractivity contribution in [3.8, 4) is 10.6 Å². The van der Waals surface area contributed by atoms with Gasteiger partial charge in [0.05, 0.1) is 10.6 Å². The highest BCUT2D eigenvalue weighted by atomic mass is 32.2. The molecule has 1 fully saturated rings. The van der Waals surface area contributed by atoms with Crippen molar-refractivity contribution in [1.29, 1.82) is 0 Å². The largest absolute Gasteiger partial charge is 0.355 e. The first-order valence-corrected chi connectivity index (χ1v) is 13.7. The highest BCUT2D eigenvalue weighted by Crippen LogP contribution is 2.26. The lowest BCUT2D eigenvalue weighted by Crippen LogP contribution is -2.43. The Morgan fingerprint density at radius 1 is 1.09 bits per heavy atom. The molecule has 0 spiro atoms. The Labute approximate surface area is 199 Å². The van der Waals surface area contributed by atoms with Crippen LogP contribution in [0.1, 0.15) is 31.0 Å². The van der Waals surface area contributed by atoms with Crippen LogP contribution in [0.15, 0.2) is 64.9 Å². The molecule has 4 rings (SSSR count). The smallest absolute Gasteiger partial charge is 0.243 e. The van der Waals surface area contributed by atoms with Crippen molar-refractivity contribution in [2.75, 3.05) is 19.6 Å². The zero-order valence-corrected chi connectivity index (χ0v) is 20.4. The number of nitrogens with zero attached hydrogens (tertiary/aromatic N) is 2. The van der Waals surface area contributed by atoms with Gasteiger partial charge in [-0.1, -0.05) is 55.5 Å². The number of thiazole rings is 1. The van der Waals surface area contributed by atoms with Crippen molar-refractivity contribution in [3.05, 3.63) is 71.2 Å². The molecule has 1 aromatic heterocycles. The molecule has 1 N–H and O–H groups in total. The van der Waals surface area contributed by atoms with Crippen molar-refractivity contribution in [3.63, 3.8) is 0 Å². The zero-order chi connectivity index (χ0) is 23.3. The third-order valence-corrected chi connectivity index (χ3v) is 8.99. The van der Waals surface area contributed by atoms with Crippen molar-refractivity contribution in [2.24, 2.45) is 5.92 Å². The van der Waals surface area contributed by atoms with Gasteiger partial charge in [0.2, 0.25) is 15.9 Å². The summed E-state index contributed by atoms with van der Waals surface area (Å²) in [4.78, 5) is 17.7. The first-order valence-electron chi connectivity index (χ1n) is 11.3. The fourth-order valence-electron chi connectivity index (χ4n) is 4.14. The van der Waals surface area contributed by atoms with Crippen LogP contribution < -0.4 is 5.32 Å². The molecule has 33 heavy (non-hydrogen) atoms. The van der Waals surface area contributed by atoms with E-state index in [-0.39, 0.29) is 11.8 Å². The van der Waals surface area contributed by atoms with Crippen LogP contribution in [-0.4, -0.2) is 43.2 Å². The number of nitrogens with one attached hydrogen (secondary N) is 1. The average Bonchev–Trinajstić information content (AvgIpc) is 3.33. The number of amides is 1. The van der Waals surface area contributed by atoms with Gasteiger partial charge in [-0.3, -0.25) is 4.79 Å². The molecule has 0 atom stereocenters. The lowest BCUT2D eigenvalue weighted by atomic mass is 9.97. The molecule has 0 saturated carbocycles. The molecular formula is C25H29N3O3S2. The van der Waals surface area contributed by atoms with Crippen molar-refractivity contribution in [1.82, 2.24) is 14.6 Å². The maximum atomic E-state index is 13.1. The highest BCUT2D eigenvalue weighted by Gasteiger charge is 2.32. The number of hydrogen-bond acceptors (Lipinski definition) is 5. The van der Waals surface area contributed by atoms with Gasteiger partial charge in [0.15, 0.2) is 0 Å². The Morgan fingerprint density at radius 3 is 2.52 bits per heavy atom. The van der Waals surface area contributed by atoms with E-state index >= 15 is 0 Å². The van der Waals surface area contributed by atoms with Crippen LogP contribution in [0.4, 0.5) is 0 Å². The van der Waals surface area contributed by atoms with E-state index in [9.17, 15) is 13.2 Å². The van der Waals surface area contributed by atoms with Gasteiger partial charge < -0.3 is 5.32 Å². The normalized spacial score (nSPS) is 15.4. The summed E-state index contributed by atoms with van der Waals surface area (Å²) >= 11 is 1.61. The predicted molar refractivity (Wildman–Crippen MR) is 132 cm³/mol. The minimum atomic E-state index is -3.53. The van der Waals surface area contributed by atoms with Crippen LogP contribution in [-0.2, 0) is 27.7 Å². The van der Waals surface area contributed by atoms with Crippen molar-refractivity contribution in [2.45, 2.75) is 37.5 Å². The fraction of sp³-hybridized carbons (Fsp3) is 0.360. The molecule has 2 aromatic carbocycles. The standard InChI is InChI=1S/C25H29N3O3S2/c1-2-19-8-6-7-11-23(19)33(30,31)28-16-13-20(14-17-28)24(29)26-15-12-22-18-32-25(27-22)21-9-4-3-5-10-21/h3-11,18,20H,2,12-17H2,1H3,(H,26,29). The maximum Gasteiger partial charge on any atom is 0.243 e. The Kier molecular flexibility index (Phi) is 7.57. The SMILES string of the molecule is CCc1ccccc1S(=O)(=O)N1CCC(C(=O)NCCc2csc(-c3ccccc3)n2)CC1. The van der Waals surface area contributed by atoms with Gasteiger partial charge in [-0.05, 0) is 30.9 Å².